The topological polar surface area (TPSA) is 66.7 Å². The molecule has 0 saturated carbocycles. The van der Waals surface area contributed by atoms with Gasteiger partial charge in [0.25, 0.3) is 5.69 Å². The molecule has 0 aromatic heterocycles. The Hall–Kier alpha value is -2.37. The van der Waals surface area contributed by atoms with Crippen LogP contribution in [0.15, 0.2) is 36.2 Å². The van der Waals surface area contributed by atoms with Gasteiger partial charge in [0.15, 0.2) is 5.78 Å². The lowest BCUT2D eigenvalue weighted by atomic mass is 10.1. The second-order valence-corrected chi connectivity index (χ2v) is 6.06. The first-order valence-corrected chi connectivity index (χ1v) is 8.15. The van der Waals surface area contributed by atoms with Crippen molar-refractivity contribution in [1.29, 1.82) is 0 Å². The number of ketones is 1. The Morgan fingerprint density at radius 3 is 1.87 bits per heavy atom. The monoisotopic (exact) mass is 315 g/mol. The highest BCUT2D eigenvalue weighted by molar-refractivity contribution is 6.04. The van der Waals surface area contributed by atoms with Gasteiger partial charge in [-0.15, -0.1) is 0 Å². The van der Waals surface area contributed by atoms with Gasteiger partial charge >= 0.3 is 0 Å². The van der Waals surface area contributed by atoms with E-state index in [0.29, 0.717) is 5.56 Å². The van der Waals surface area contributed by atoms with Crippen molar-refractivity contribution in [3.05, 3.63) is 51.8 Å². The van der Waals surface area contributed by atoms with Crippen LogP contribution in [0.5, 0.6) is 0 Å². The zero-order valence-corrected chi connectivity index (χ0v) is 13.1. The van der Waals surface area contributed by atoms with Crippen LogP contribution in [0.1, 0.15) is 36.0 Å². The van der Waals surface area contributed by atoms with E-state index >= 15 is 0 Å². The molecule has 0 atom stereocenters. The summed E-state index contributed by atoms with van der Waals surface area (Å²) < 4.78 is 0. The number of carbonyl (C=O) groups excluding carboxylic acids is 1. The van der Waals surface area contributed by atoms with E-state index in [1.165, 1.54) is 24.3 Å². The van der Waals surface area contributed by atoms with Crippen LogP contribution in [-0.4, -0.2) is 46.7 Å². The van der Waals surface area contributed by atoms with E-state index in [2.05, 4.69) is 9.80 Å². The van der Waals surface area contributed by atoms with Crippen molar-refractivity contribution < 1.29 is 9.72 Å². The number of non-ortho nitro benzene ring substituents is 1. The highest BCUT2D eigenvalue weighted by Gasteiger charge is 2.23. The first kappa shape index (κ1) is 15.5. The van der Waals surface area contributed by atoms with Gasteiger partial charge in [-0.3, -0.25) is 14.9 Å². The number of carbonyl (C=O) groups is 1. The summed E-state index contributed by atoms with van der Waals surface area (Å²) in [6.07, 6.45) is 6.36. The van der Waals surface area contributed by atoms with Crippen molar-refractivity contribution in [1.82, 2.24) is 9.80 Å². The molecule has 2 heterocycles. The van der Waals surface area contributed by atoms with Crippen LogP contribution >= 0.6 is 0 Å². The van der Waals surface area contributed by atoms with Crippen LogP contribution in [0, 0.1) is 10.1 Å². The molecule has 2 aliphatic heterocycles. The van der Waals surface area contributed by atoms with Crippen molar-refractivity contribution in [2.24, 2.45) is 0 Å². The molecule has 1 aromatic rings. The Kier molecular flexibility index (Phi) is 4.60. The van der Waals surface area contributed by atoms with E-state index in [4.69, 9.17) is 0 Å². The lowest BCUT2D eigenvalue weighted by Gasteiger charge is -2.30. The minimum Gasteiger partial charge on any atom is -0.358 e. The first-order valence-electron chi connectivity index (χ1n) is 8.15. The SMILES string of the molecule is O=C(C=C(N1CCCC1)N1CCCC1)c1ccc([N+](=O)[O-])cc1. The summed E-state index contributed by atoms with van der Waals surface area (Å²) in [5.74, 6) is 0.928. The van der Waals surface area contributed by atoms with Crippen molar-refractivity contribution in [3.63, 3.8) is 0 Å². The normalized spacial score (nSPS) is 17.4. The number of hydrogen-bond donors (Lipinski definition) is 0. The molecule has 2 saturated heterocycles. The number of hydrogen-bond acceptors (Lipinski definition) is 5. The molecule has 0 aliphatic carbocycles. The smallest absolute Gasteiger partial charge is 0.269 e. The molecule has 6 nitrogen and oxygen atoms in total. The van der Waals surface area contributed by atoms with E-state index in [1.807, 2.05) is 0 Å². The molecule has 0 bridgehead atoms. The van der Waals surface area contributed by atoms with Gasteiger partial charge in [-0.05, 0) is 37.8 Å². The van der Waals surface area contributed by atoms with Gasteiger partial charge in [0.2, 0.25) is 0 Å². The third kappa shape index (κ3) is 3.52. The summed E-state index contributed by atoms with van der Waals surface area (Å²) in [5, 5.41) is 10.7. The zero-order chi connectivity index (χ0) is 16.2. The van der Waals surface area contributed by atoms with Crippen LogP contribution in [0.2, 0.25) is 0 Å². The fraction of sp³-hybridized carbons (Fsp3) is 0.471. The number of rotatable bonds is 5. The minimum atomic E-state index is -0.454. The van der Waals surface area contributed by atoms with Crippen LogP contribution < -0.4 is 0 Å². The van der Waals surface area contributed by atoms with Crippen LogP contribution in [0.4, 0.5) is 5.69 Å². The van der Waals surface area contributed by atoms with Crippen molar-refractivity contribution >= 4 is 11.5 Å². The zero-order valence-electron chi connectivity index (χ0n) is 13.1. The lowest BCUT2D eigenvalue weighted by molar-refractivity contribution is -0.384. The Morgan fingerprint density at radius 2 is 1.43 bits per heavy atom. The molecule has 2 fully saturated rings. The van der Waals surface area contributed by atoms with Crippen molar-refractivity contribution in [3.8, 4) is 0 Å². The lowest BCUT2D eigenvalue weighted by Crippen LogP contribution is -2.32. The van der Waals surface area contributed by atoms with Gasteiger partial charge in [0, 0.05) is 50.0 Å². The highest BCUT2D eigenvalue weighted by atomic mass is 16.6. The van der Waals surface area contributed by atoms with Crippen molar-refractivity contribution in [2.75, 3.05) is 26.2 Å². The maximum atomic E-state index is 12.6. The van der Waals surface area contributed by atoms with E-state index in [9.17, 15) is 14.9 Å². The minimum absolute atomic E-state index is 0.00448. The quantitative estimate of drug-likeness (QED) is 0.362. The molecule has 0 radical (unpaired) electrons. The Balaban J connectivity index is 1.82. The summed E-state index contributed by atoms with van der Waals surface area (Å²) in [4.78, 5) is 27.4. The largest absolute Gasteiger partial charge is 0.358 e. The average molecular weight is 315 g/mol. The molecule has 2 aliphatic rings. The van der Waals surface area contributed by atoms with Gasteiger partial charge in [-0.25, -0.2) is 0 Å². The number of likely N-dealkylation sites (tertiary alicyclic amines) is 2. The standard InChI is InChI=1S/C17H21N3O3/c21-16(14-5-7-15(8-6-14)20(22)23)13-17(18-9-1-2-10-18)19-11-3-4-12-19/h5-8,13H,1-4,9-12H2. The summed E-state index contributed by atoms with van der Waals surface area (Å²) in [6.45, 7) is 3.98. The third-order valence-electron chi connectivity index (χ3n) is 4.48. The van der Waals surface area contributed by atoms with Crippen LogP contribution in [0.25, 0.3) is 0 Å². The molecule has 0 spiro atoms. The van der Waals surface area contributed by atoms with Crippen LogP contribution in [0.3, 0.4) is 0 Å². The molecule has 0 N–H and O–H groups in total. The van der Waals surface area contributed by atoms with Gasteiger partial charge < -0.3 is 9.80 Å². The Morgan fingerprint density at radius 1 is 0.957 bits per heavy atom. The number of nitro groups is 1. The number of allylic oxidation sites excluding steroid dienone is 1. The second-order valence-electron chi connectivity index (χ2n) is 6.06. The predicted molar refractivity (Wildman–Crippen MR) is 87.1 cm³/mol. The Labute approximate surface area is 135 Å². The maximum absolute atomic E-state index is 12.6. The molecule has 23 heavy (non-hydrogen) atoms. The second kappa shape index (κ2) is 6.81. The van der Waals surface area contributed by atoms with E-state index in [0.717, 1.165) is 57.7 Å². The van der Waals surface area contributed by atoms with E-state index < -0.39 is 4.92 Å². The summed E-state index contributed by atoms with van der Waals surface area (Å²) in [7, 11) is 0. The Bertz CT molecular complexity index is 594. The average Bonchev–Trinajstić information content (AvgIpc) is 3.26. The highest BCUT2D eigenvalue weighted by Crippen LogP contribution is 2.23. The van der Waals surface area contributed by atoms with Gasteiger partial charge in [-0.2, -0.15) is 0 Å². The van der Waals surface area contributed by atoms with Crippen molar-refractivity contribution in [2.45, 2.75) is 25.7 Å². The van der Waals surface area contributed by atoms with Gasteiger partial charge in [-0.1, -0.05) is 0 Å². The predicted octanol–water partition coefficient (Wildman–Crippen LogP) is 2.81. The summed E-state index contributed by atoms with van der Waals surface area (Å²) in [6, 6.07) is 5.82. The van der Waals surface area contributed by atoms with Crippen LogP contribution in [-0.2, 0) is 0 Å². The first-order chi connectivity index (χ1) is 11.1. The molecule has 122 valence electrons. The number of nitrogens with zero attached hydrogens (tertiary/aromatic N) is 3. The van der Waals surface area contributed by atoms with E-state index in [-0.39, 0.29) is 11.5 Å². The molecule has 1 aromatic carbocycles. The molecular weight excluding hydrogens is 294 g/mol. The molecule has 0 amide bonds. The molecular formula is C17H21N3O3. The number of benzene rings is 1. The van der Waals surface area contributed by atoms with Gasteiger partial charge in [0.1, 0.15) is 5.82 Å². The summed E-state index contributed by atoms with van der Waals surface area (Å²) >= 11 is 0. The van der Waals surface area contributed by atoms with E-state index in [1.54, 1.807) is 6.08 Å². The molecule has 3 rings (SSSR count). The van der Waals surface area contributed by atoms with Gasteiger partial charge in [0.05, 0.1) is 4.92 Å². The molecule has 0 unspecified atom stereocenters. The fourth-order valence-electron chi connectivity index (χ4n) is 3.22. The third-order valence-corrected chi connectivity index (χ3v) is 4.48. The molecule has 6 heteroatoms. The number of nitro benzene ring substituents is 1. The fourth-order valence-corrected chi connectivity index (χ4v) is 3.22. The maximum Gasteiger partial charge on any atom is 0.269 e. The summed E-state index contributed by atoms with van der Waals surface area (Å²) in [5.41, 5.74) is 0.497.